The first kappa shape index (κ1) is 22.1. The average molecular weight is 452 g/mol. The number of hydrogen-bond acceptors (Lipinski definition) is 6. The van der Waals surface area contributed by atoms with Crippen molar-refractivity contribution >= 4 is 34.5 Å². The van der Waals surface area contributed by atoms with E-state index in [9.17, 15) is 23.6 Å². The van der Waals surface area contributed by atoms with Crippen molar-refractivity contribution in [3.8, 4) is 0 Å². The van der Waals surface area contributed by atoms with Crippen LogP contribution < -0.4 is 16.2 Å². The highest BCUT2D eigenvalue weighted by molar-refractivity contribution is 6.02. The molecule has 2 aromatic carbocycles. The van der Waals surface area contributed by atoms with Crippen LogP contribution in [0.3, 0.4) is 0 Å². The maximum atomic E-state index is 13.6. The topological polar surface area (TPSA) is 119 Å². The molecule has 33 heavy (non-hydrogen) atoms. The van der Waals surface area contributed by atoms with E-state index in [1.807, 2.05) is 5.32 Å². The van der Waals surface area contributed by atoms with E-state index in [0.29, 0.717) is 29.7 Å². The number of aromatic nitrogens is 2. The van der Waals surface area contributed by atoms with Crippen molar-refractivity contribution < 1.29 is 23.5 Å². The number of nitrogens with zero attached hydrogens (tertiary/aromatic N) is 2. The van der Waals surface area contributed by atoms with Crippen molar-refractivity contribution in [2.45, 2.75) is 32.2 Å². The smallest absolute Gasteiger partial charge is 0.338 e. The van der Waals surface area contributed by atoms with E-state index in [4.69, 9.17) is 4.74 Å². The highest BCUT2D eigenvalue weighted by Gasteiger charge is 2.17. The summed E-state index contributed by atoms with van der Waals surface area (Å²) in [5, 5.41) is 4.54. The van der Waals surface area contributed by atoms with Crippen LogP contribution in [-0.2, 0) is 22.5 Å². The van der Waals surface area contributed by atoms with Gasteiger partial charge in [-0.25, -0.2) is 19.0 Å². The zero-order valence-corrected chi connectivity index (χ0v) is 17.6. The minimum absolute atomic E-state index is 0.0998. The predicted molar refractivity (Wildman–Crippen MR) is 117 cm³/mol. The summed E-state index contributed by atoms with van der Waals surface area (Å²) in [6.07, 6.45) is 3.58. The van der Waals surface area contributed by atoms with Gasteiger partial charge in [-0.05, 0) is 43.2 Å². The van der Waals surface area contributed by atoms with Crippen molar-refractivity contribution in [1.82, 2.24) is 14.9 Å². The van der Waals surface area contributed by atoms with Crippen molar-refractivity contribution in [3.05, 3.63) is 70.0 Å². The Kier molecular flexibility index (Phi) is 6.43. The van der Waals surface area contributed by atoms with E-state index in [2.05, 4.69) is 10.3 Å². The van der Waals surface area contributed by atoms with Gasteiger partial charge in [0.25, 0.3) is 11.5 Å². The van der Waals surface area contributed by atoms with Crippen molar-refractivity contribution in [2.75, 3.05) is 11.9 Å². The first-order valence-electron chi connectivity index (χ1n) is 10.5. The number of nitrogens with one attached hydrogen (secondary N) is 2. The summed E-state index contributed by atoms with van der Waals surface area (Å²) in [4.78, 5) is 53.4. The number of para-hydroxylation sites is 1. The third-order valence-electron chi connectivity index (χ3n) is 5.26. The Morgan fingerprint density at radius 2 is 1.91 bits per heavy atom. The molecule has 0 radical (unpaired) electrons. The van der Waals surface area contributed by atoms with E-state index in [-0.39, 0.29) is 16.8 Å². The molecule has 0 fully saturated rings. The molecule has 170 valence electrons. The first-order valence-corrected chi connectivity index (χ1v) is 10.5. The molecular weight excluding hydrogens is 431 g/mol. The van der Waals surface area contributed by atoms with Crippen LogP contribution in [0.15, 0.2) is 47.3 Å². The maximum Gasteiger partial charge on any atom is 0.338 e. The third kappa shape index (κ3) is 5.05. The molecule has 2 N–H and O–H groups in total. The Balaban J connectivity index is 1.39. The molecule has 10 heteroatoms. The standard InChI is InChI=1S/C23H21FN4O5/c24-16-6-3-4-7-17(16)26-23(32)27-20(29)13-33-22(31)14-9-10-15-18(12-14)25-19-8-2-1-5-11-28(19)21(15)30/h3-4,6-7,9-10,12H,1-2,5,8,11,13H2,(H2,26,27,29,32). The van der Waals surface area contributed by atoms with Crippen molar-refractivity contribution in [2.24, 2.45) is 0 Å². The number of hydrogen-bond donors (Lipinski definition) is 2. The van der Waals surface area contributed by atoms with Gasteiger partial charge in [-0.3, -0.25) is 19.5 Å². The number of anilines is 1. The van der Waals surface area contributed by atoms with Crippen LogP contribution >= 0.6 is 0 Å². The summed E-state index contributed by atoms with van der Waals surface area (Å²) in [6, 6.07) is 8.90. The molecule has 0 unspecified atom stereocenters. The van der Waals surface area contributed by atoms with Crippen LogP contribution in [0.2, 0.25) is 0 Å². The van der Waals surface area contributed by atoms with Gasteiger partial charge in [0.2, 0.25) is 0 Å². The van der Waals surface area contributed by atoms with Gasteiger partial charge in [0.1, 0.15) is 11.6 Å². The van der Waals surface area contributed by atoms with Gasteiger partial charge in [-0.1, -0.05) is 18.6 Å². The Morgan fingerprint density at radius 3 is 2.73 bits per heavy atom. The van der Waals surface area contributed by atoms with Gasteiger partial charge in [-0.15, -0.1) is 0 Å². The maximum absolute atomic E-state index is 13.6. The zero-order valence-electron chi connectivity index (χ0n) is 17.6. The highest BCUT2D eigenvalue weighted by Crippen LogP contribution is 2.17. The van der Waals surface area contributed by atoms with Gasteiger partial charge < -0.3 is 10.1 Å². The molecular formula is C23H21FN4O5. The van der Waals surface area contributed by atoms with Gasteiger partial charge in [0.05, 0.1) is 22.2 Å². The largest absolute Gasteiger partial charge is 0.452 e. The van der Waals surface area contributed by atoms with E-state index < -0.39 is 30.3 Å². The van der Waals surface area contributed by atoms with Crippen molar-refractivity contribution in [3.63, 3.8) is 0 Å². The van der Waals surface area contributed by atoms with Gasteiger partial charge in [-0.2, -0.15) is 0 Å². The SMILES string of the molecule is O=C(COC(=O)c1ccc2c(=O)n3c(nc2c1)CCCCC3)NC(=O)Nc1ccccc1F. The number of urea groups is 1. The molecule has 0 atom stereocenters. The third-order valence-corrected chi connectivity index (χ3v) is 5.26. The monoisotopic (exact) mass is 452 g/mol. The predicted octanol–water partition coefficient (Wildman–Crippen LogP) is 2.77. The number of ether oxygens (including phenoxy) is 1. The average Bonchev–Trinajstić information content (AvgIpc) is 3.04. The molecule has 0 saturated heterocycles. The number of rotatable bonds is 4. The molecule has 0 aliphatic carbocycles. The molecule has 9 nitrogen and oxygen atoms in total. The number of imide groups is 1. The molecule has 0 saturated carbocycles. The Hall–Kier alpha value is -4.08. The fraction of sp³-hybridized carbons (Fsp3) is 0.261. The molecule has 1 aliphatic rings. The fourth-order valence-electron chi connectivity index (χ4n) is 3.64. The first-order chi connectivity index (χ1) is 15.9. The van der Waals surface area contributed by atoms with E-state index in [1.165, 1.54) is 36.4 Å². The number of carbonyl (C=O) groups is 3. The second kappa shape index (κ2) is 9.60. The number of amides is 3. The molecule has 0 bridgehead atoms. The normalized spacial score (nSPS) is 13.0. The molecule has 2 heterocycles. The second-order valence-electron chi connectivity index (χ2n) is 7.59. The van der Waals surface area contributed by atoms with E-state index in [1.54, 1.807) is 4.57 Å². The summed E-state index contributed by atoms with van der Waals surface area (Å²) in [5.41, 5.74) is 0.266. The Bertz CT molecular complexity index is 1300. The summed E-state index contributed by atoms with van der Waals surface area (Å²) in [6.45, 7) is -0.0949. The summed E-state index contributed by atoms with van der Waals surface area (Å²) in [7, 11) is 0. The fourth-order valence-corrected chi connectivity index (χ4v) is 3.64. The molecule has 1 aromatic heterocycles. The zero-order chi connectivity index (χ0) is 23.4. The molecule has 3 aromatic rings. The van der Waals surface area contributed by atoms with Crippen LogP contribution in [0.4, 0.5) is 14.9 Å². The number of halogens is 1. The van der Waals surface area contributed by atoms with Crippen LogP contribution in [0.5, 0.6) is 0 Å². The summed E-state index contributed by atoms with van der Waals surface area (Å²) < 4.78 is 20.2. The van der Waals surface area contributed by atoms with Gasteiger partial charge in [0, 0.05) is 13.0 Å². The number of fused-ring (bicyclic) bond motifs is 2. The van der Waals surface area contributed by atoms with Crippen LogP contribution in [-0.4, -0.2) is 34.1 Å². The lowest BCUT2D eigenvalue weighted by Crippen LogP contribution is -2.37. The Morgan fingerprint density at radius 1 is 1.09 bits per heavy atom. The molecule has 1 aliphatic heterocycles. The molecule has 4 rings (SSSR count). The number of aryl methyl sites for hydroxylation is 1. The lowest BCUT2D eigenvalue weighted by Gasteiger charge is -2.11. The van der Waals surface area contributed by atoms with E-state index >= 15 is 0 Å². The summed E-state index contributed by atoms with van der Waals surface area (Å²) >= 11 is 0. The van der Waals surface area contributed by atoms with Crippen LogP contribution in [0.1, 0.15) is 35.4 Å². The number of carbonyl (C=O) groups excluding carboxylic acids is 3. The lowest BCUT2D eigenvalue weighted by molar-refractivity contribution is -0.123. The minimum atomic E-state index is -0.961. The molecule has 3 amide bonds. The van der Waals surface area contributed by atoms with Gasteiger partial charge >= 0.3 is 12.0 Å². The van der Waals surface area contributed by atoms with Crippen molar-refractivity contribution in [1.29, 1.82) is 0 Å². The van der Waals surface area contributed by atoms with Crippen LogP contribution in [0.25, 0.3) is 10.9 Å². The lowest BCUT2D eigenvalue weighted by atomic mass is 10.1. The highest BCUT2D eigenvalue weighted by atomic mass is 19.1. The minimum Gasteiger partial charge on any atom is -0.452 e. The number of benzene rings is 2. The molecule has 0 spiro atoms. The second-order valence-corrected chi connectivity index (χ2v) is 7.59. The summed E-state index contributed by atoms with van der Waals surface area (Å²) in [5.74, 6) is -1.66. The quantitative estimate of drug-likeness (QED) is 0.588. The number of esters is 1. The van der Waals surface area contributed by atoms with Gasteiger partial charge in [0.15, 0.2) is 6.61 Å². The van der Waals surface area contributed by atoms with E-state index in [0.717, 1.165) is 25.3 Å². The Labute approximate surface area is 187 Å². The van der Waals surface area contributed by atoms with Crippen LogP contribution in [0, 0.1) is 5.82 Å².